The highest BCUT2D eigenvalue weighted by atomic mass is 16.5. The molecule has 2 rings (SSSR count). The summed E-state index contributed by atoms with van der Waals surface area (Å²) in [4.78, 5) is 23.0. The first kappa shape index (κ1) is 20.3. The van der Waals surface area contributed by atoms with E-state index in [4.69, 9.17) is 4.74 Å². The molecule has 3 amide bonds. The average molecular weight is 369 g/mol. The molecule has 0 unspecified atom stereocenters. The summed E-state index contributed by atoms with van der Waals surface area (Å²) in [5.41, 5.74) is 2.70. The largest absolute Gasteiger partial charge is 0.493 e. The van der Waals surface area contributed by atoms with Crippen LogP contribution in [0.2, 0.25) is 0 Å². The van der Waals surface area contributed by atoms with E-state index in [1.54, 1.807) is 12.1 Å². The van der Waals surface area contributed by atoms with Crippen LogP contribution in [0.25, 0.3) is 0 Å². The number of nitrogens with one attached hydrogen (secondary N) is 3. The fraction of sp³-hybridized carbons (Fsp3) is 0.333. The fourth-order valence-electron chi connectivity index (χ4n) is 2.46. The quantitative estimate of drug-likeness (QED) is 0.605. The summed E-state index contributed by atoms with van der Waals surface area (Å²) < 4.78 is 5.64. The molecule has 3 N–H and O–H groups in total. The maximum atomic E-state index is 11.9. The number of anilines is 2. The molecule has 0 aliphatic rings. The van der Waals surface area contributed by atoms with E-state index in [1.807, 2.05) is 36.4 Å². The maximum Gasteiger partial charge on any atom is 0.319 e. The van der Waals surface area contributed by atoms with Gasteiger partial charge in [-0.15, -0.1) is 0 Å². The molecule has 6 heteroatoms. The van der Waals surface area contributed by atoms with Gasteiger partial charge in [-0.05, 0) is 42.2 Å². The number of ether oxygens (including phenoxy) is 1. The van der Waals surface area contributed by atoms with Crippen LogP contribution in [-0.2, 0) is 4.79 Å². The molecule has 27 heavy (non-hydrogen) atoms. The van der Waals surface area contributed by atoms with Crippen LogP contribution < -0.4 is 20.7 Å². The Morgan fingerprint density at radius 1 is 1.00 bits per heavy atom. The molecule has 0 saturated heterocycles. The maximum absolute atomic E-state index is 11.9. The van der Waals surface area contributed by atoms with Crippen molar-refractivity contribution >= 4 is 23.3 Å². The molecule has 6 nitrogen and oxygen atoms in total. The molecule has 0 spiro atoms. The van der Waals surface area contributed by atoms with Crippen LogP contribution in [0.15, 0.2) is 48.5 Å². The average Bonchev–Trinajstić information content (AvgIpc) is 2.61. The van der Waals surface area contributed by atoms with Crippen molar-refractivity contribution in [2.75, 3.05) is 23.8 Å². The van der Waals surface area contributed by atoms with Crippen LogP contribution in [0.4, 0.5) is 16.2 Å². The van der Waals surface area contributed by atoms with Crippen molar-refractivity contribution < 1.29 is 14.3 Å². The minimum Gasteiger partial charge on any atom is -0.493 e. The highest BCUT2D eigenvalue weighted by Gasteiger charge is 2.03. The second-order valence-corrected chi connectivity index (χ2v) is 6.57. The number of amides is 3. The summed E-state index contributed by atoms with van der Waals surface area (Å²) in [6, 6.07) is 14.8. The van der Waals surface area contributed by atoms with Crippen LogP contribution >= 0.6 is 0 Å². The van der Waals surface area contributed by atoms with Crippen LogP contribution in [0.1, 0.15) is 38.7 Å². The van der Waals surface area contributed by atoms with Crippen LogP contribution in [0.5, 0.6) is 5.75 Å². The van der Waals surface area contributed by atoms with Gasteiger partial charge in [-0.3, -0.25) is 4.79 Å². The smallest absolute Gasteiger partial charge is 0.319 e. The third kappa shape index (κ3) is 7.40. The fourth-order valence-corrected chi connectivity index (χ4v) is 2.46. The van der Waals surface area contributed by atoms with Crippen molar-refractivity contribution in [2.24, 2.45) is 0 Å². The summed E-state index contributed by atoms with van der Waals surface area (Å²) in [5.74, 6) is 1.02. The molecular weight excluding hydrogens is 342 g/mol. The lowest BCUT2D eigenvalue weighted by atomic mass is 10.0. The zero-order valence-electron chi connectivity index (χ0n) is 16.0. The predicted molar refractivity (Wildman–Crippen MR) is 108 cm³/mol. The lowest BCUT2D eigenvalue weighted by Crippen LogP contribution is -2.30. The Morgan fingerprint density at radius 2 is 1.74 bits per heavy atom. The Hall–Kier alpha value is -3.02. The summed E-state index contributed by atoms with van der Waals surface area (Å²) in [5, 5.41) is 8.33. The van der Waals surface area contributed by atoms with Crippen molar-refractivity contribution in [2.45, 2.75) is 33.1 Å². The normalized spacial score (nSPS) is 10.4. The molecule has 0 atom stereocenters. The number of carbonyl (C=O) groups excluding carboxylic acids is 2. The van der Waals surface area contributed by atoms with Crippen molar-refractivity contribution in [1.82, 2.24) is 5.32 Å². The number of hydrogen-bond acceptors (Lipinski definition) is 3. The second kappa shape index (κ2) is 10.2. The zero-order valence-corrected chi connectivity index (χ0v) is 16.0. The van der Waals surface area contributed by atoms with Crippen molar-refractivity contribution in [3.05, 3.63) is 54.1 Å². The summed E-state index contributed by atoms with van der Waals surface area (Å²) in [6.07, 6.45) is 0.671. The summed E-state index contributed by atoms with van der Waals surface area (Å²) in [6.45, 7) is 6.69. The van der Waals surface area contributed by atoms with Gasteiger partial charge in [0.2, 0.25) is 5.91 Å². The lowest BCUT2D eigenvalue weighted by molar-refractivity contribution is -0.114. The van der Waals surface area contributed by atoms with Gasteiger partial charge in [-0.25, -0.2) is 4.79 Å². The first-order valence-corrected chi connectivity index (χ1v) is 9.09. The van der Waals surface area contributed by atoms with E-state index < -0.39 is 0 Å². The van der Waals surface area contributed by atoms with E-state index >= 15 is 0 Å². The molecule has 0 aliphatic carbocycles. The third-order valence-electron chi connectivity index (χ3n) is 3.87. The molecule has 0 heterocycles. The molecule has 144 valence electrons. The van der Waals surface area contributed by atoms with E-state index in [0.717, 1.165) is 5.69 Å². The minimum absolute atomic E-state index is 0.124. The SMILES string of the molecule is CC(=O)Nc1cccc(OCCCNC(=O)Nc2ccc(C(C)C)cc2)c1. The Balaban J connectivity index is 1.66. The van der Waals surface area contributed by atoms with Crippen molar-refractivity contribution in [1.29, 1.82) is 0 Å². The lowest BCUT2D eigenvalue weighted by Gasteiger charge is -2.10. The summed E-state index contributed by atoms with van der Waals surface area (Å²) >= 11 is 0. The van der Waals surface area contributed by atoms with Crippen molar-refractivity contribution in [3.8, 4) is 5.75 Å². The number of carbonyl (C=O) groups is 2. The van der Waals surface area contributed by atoms with E-state index in [2.05, 4.69) is 29.8 Å². The Morgan fingerprint density at radius 3 is 2.41 bits per heavy atom. The Bertz CT molecular complexity index is 758. The van der Waals surface area contributed by atoms with E-state index in [-0.39, 0.29) is 11.9 Å². The van der Waals surface area contributed by atoms with Gasteiger partial charge in [0.1, 0.15) is 5.75 Å². The molecular formula is C21H27N3O3. The van der Waals surface area contributed by atoms with E-state index in [1.165, 1.54) is 12.5 Å². The van der Waals surface area contributed by atoms with Crippen molar-refractivity contribution in [3.63, 3.8) is 0 Å². The van der Waals surface area contributed by atoms with E-state index in [0.29, 0.717) is 36.9 Å². The first-order valence-electron chi connectivity index (χ1n) is 9.09. The Labute approximate surface area is 160 Å². The number of rotatable bonds is 8. The Kier molecular flexibility index (Phi) is 7.67. The van der Waals surface area contributed by atoms with Crippen LogP contribution in [0, 0.1) is 0 Å². The van der Waals surface area contributed by atoms with Crippen LogP contribution in [0.3, 0.4) is 0 Å². The topological polar surface area (TPSA) is 79.5 Å². The van der Waals surface area contributed by atoms with Gasteiger partial charge in [-0.1, -0.05) is 32.0 Å². The predicted octanol–water partition coefficient (Wildman–Crippen LogP) is 4.36. The highest BCUT2D eigenvalue weighted by molar-refractivity contribution is 5.89. The molecule has 2 aromatic carbocycles. The third-order valence-corrected chi connectivity index (χ3v) is 3.87. The molecule has 0 aliphatic heterocycles. The van der Waals surface area contributed by atoms with Gasteiger partial charge in [0, 0.05) is 30.9 Å². The zero-order chi connectivity index (χ0) is 19.6. The molecule has 0 fully saturated rings. The van der Waals surface area contributed by atoms with Gasteiger partial charge in [-0.2, -0.15) is 0 Å². The minimum atomic E-state index is -0.236. The van der Waals surface area contributed by atoms with Gasteiger partial charge < -0.3 is 20.7 Å². The standard InChI is InChI=1S/C21H27N3O3/c1-15(2)17-8-10-18(11-9-17)24-21(26)22-12-5-13-27-20-7-4-6-19(14-20)23-16(3)25/h4,6-11,14-15H,5,12-13H2,1-3H3,(H,23,25)(H2,22,24,26). The summed E-state index contributed by atoms with van der Waals surface area (Å²) in [7, 11) is 0. The second-order valence-electron chi connectivity index (χ2n) is 6.57. The number of benzene rings is 2. The molecule has 0 bridgehead atoms. The molecule has 2 aromatic rings. The monoisotopic (exact) mass is 369 g/mol. The van der Waals surface area contributed by atoms with Gasteiger partial charge in [0.15, 0.2) is 0 Å². The van der Waals surface area contributed by atoms with Gasteiger partial charge >= 0.3 is 6.03 Å². The first-order chi connectivity index (χ1) is 12.9. The van der Waals surface area contributed by atoms with Crippen LogP contribution in [-0.4, -0.2) is 25.1 Å². The molecule has 0 aromatic heterocycles. The van der Waals surface area contributed by atoms with Gasteiger partial charge in [0.25, 0.3) is 0 Å². The highest BCUT2D eigenvalue weighted by Crippen LogP contribution is 2.18. The van der Waals surface area contributed by atoms with Gasteiger partial charge in [0.05, 0.1) is 6.61 Å². The van der Waals surface area contributed by atoms with E-state index in [9.17, 15) is 9.59 Å². The molecule has 0 radical (unpaired) electrons. The molecule has 0 saturated carbocycles. The number of hydrogen-bond donors (Lipinski definition) is 3. The number of urea groups is 1.